The Balaban J connectivity index is 1.53. The van der Waals surface area contributed by atoms with Gasteiger partial charge in [0.05, 0.1) is 7.11 Å². The molecule has 1 aliphatic rings. The number of fused-ring (bicyclic) bond motifs is 1. The molecule has 4 rings (SSSR count). The van der Waals surface area contributed by atoms with Gasteiger partial charge in [-0.3, -0.25) is 14.4 Å². The van der Waals surface area contributed by atoms with Crippen molar-refractivity contribution in [3.8, 4) is 11.5 Å². The number of hydrogen-bond donors (Lipinski definition) is 1. The van der Waals surface area contributed by atoms with Gasteiger partial charge in [-0.2, -0.15) is 0 Å². The van der Waals surface area contributed by atoms with Crippen LogP contribution in [0.25, 0.3) is 0 Å². The van der Waals surface area contributed by atoms with Crippen LogP contribution in [0, 0.1) is 5.82 Å². The van der Waals surface area contributed by atoms with Crippen LogP contribution in [-0.2, 0) is 24.3 Å². The molecule has 0 radical (unpaired) electrons. The molecule has 0 saturated carbocycles. The van der Waals surface area contributed by atoms with E-state index in [1.54, 1.807) is 36.1 Å². The summed E-state index contributed by atoms with van der Waals surface area (Å²) in [5, 5.41) is 2.79. The van der Waals surface area contributed by atoms with E-state index in [2.05, 4.69) is 5.32 Å². The predicted molar refractivity (Wildman–Crippen MR) is 132 cm³/mol. The lowest BCUT2D eigenvalue weighted by atomic mass is 10.1. The smallest absolute Gasteiger partial charge is 0.263 e. The van der Waals surface area contributed by atoms with Crippen molar-refractivity contribution in [3.05, 3.63) is 93.7 Å². The average Bonchev–Trinajstić information content (AvgIpc) is 3.11. The summed E-state index contributed by atoms with van der Waals surface area (Å²) >= 11 is 0. The van der Waals surface area contributed by atoms with E-state index < -0.39 is 17.8 Å². The molecule has 9 heteroatoms. The molecule has 188 valence electrons. The highest BCUT2D eigenvalue weighted by Crippen LogP contribution is 2.23. The Hall–Kier alpha value is -4.14. The van der Waals surface area contributed by atoms with Gasteiger partial charge in [0.25, 0.3) is 17.4 Å². The Morgan fingerprint density at radius 1 is 1.06 bits per heavy atom. The quantitative estimate of drug-likeness (QED) is 0.547. The van der Waals surface area contributed by atoms with Crippen LogP contribution in [0.4, 0.5) is 4.39 Å². The zero-order chi connectivity index (χ0) is 25.7. The van der Waals surface area contributed by atoms with Crippen LogP contribution >= 0.6 is 0 Å². The summed E-state index contributed by atoms with van der Waals surface area (Å²) in [6.45, 7) is 2.63. The van der Waals surface area contributed by atoms with E-state index in [1.807, 2.05) is 18.2 Å². The first-order chi connectivity index (χ1) is 17.4. The number of rotatable bonds is 7. The topological polar surface area (TPSA) is 89.9 Å². The van der Waals surface area contributed by atoms with Gasteiger partial charge in [-0.1, -0.05) is 30.3 Å². The average molecular weight is 494 g/mol. The molecule has 3 aromatic rings. The van der Waals surface area contributed by atoms with Crippen LogP contribution in [0.3, 0.4) is 0 Å². The zero-order valence-corrected chi connectivity index (χ0v) is 20.2. The summed E-state index contributed by atoms with van der Waals surface area (Å²) in [6, 6.07) is 16.3. The summed E-state index contributed by atoms with van der Waals surface area (Å²) in [7, 11) is 1.39. The molecule has 1 aliphatic heterocycles. The van der Waals surface area contributed by atoms with E-state index in [0.29, 0.717) is 30.1 Å². The van der Waals surface area contributed by atoms with Gasteiger partial charge in [0.15, 0.2) is 6.10 Å². The molecule has 1 N–H and O–H groups in total. The first-order valence-electron chi connectivity index (χ1n) is 11.7. The highest BCUT2D eigenvalue weighted by molar-refractivity contribution is 5.98. The minimum absolute atomic E-state index is 0.108. The van der Waals surface area contributed by atoms with Gasteiger partial charge in [0, 0.05) is 44.4 Å². The maximum atomic E-state index is 13.5. The van der Waals surface area contributed by atoms with Crippen LogP contribution in [0.2, 0.25) is 0 Å². The van der Waals surface area contributed by atoms with E-state index in [4.69, 9.17) is 9.47 Å². The largest absolute Gasteiger partial charge is 0.496 e. The fourth-order valence-corrected chi connectivity index (χ4v) is 4.30. The SMILES string of the molecule is COc1cc(=O)n2c(c1C(=O)NCc1cccc(F)c1)CCN(C(=O)[C@@H](C)Oc1ccccc1)CC2. The van der Waals surface area contributed by atoms with Crippen molar-refractivity contribution in [1.29, 1.82) is 0 Å². The van der Waals surface area contributed by atoms with Crippen LogP contribution in [0.1, 0.15) is 28.5 Å². The van der Waals surface area contributed by atoms with Crippen molar-refractivity contribution in [3.63, 3.8) is 0 Å². The molecule has 8 nitrogen and oxygen atoms in total. The van der Waals surface area contributed by atoms with Gasteiger partial charge >= 0.3 is 0 Å². The van der Waals surface area contributed by atoms with E-state index in [1.165, 1.54) is 29.9 Å². The van der Waals surface area contributed by atoms with Crippen molar-refractivity contribution in [1.82, 2.24) is 14.8 Å². The zero-order valence-electron chi connectivity index (χ0n) is 20.2. The van der Waals surface area contributed by atoms with Crippen molar-refractivity contribution < 1.29 is 23.5 Å². The molecule has 2 amide bonds. The van der Waals surface area contributed by atoms with Crippen LogP contribution in [0.5, 0.6) is 11.5 Å². The number of methoxy groups -OCH3 is 1. The first-order valence-corrected chi connectivity index (χ1v) is 11.7. The molecule has 1 atom stereocenters. The highest BCUT2D eigenvalue weighted by atomic mass is 19.1. The fourth-order valence-electron chi connectivity index (χ4n) is 4.30. The summed E-state index contributed by atoms with van der Waals surface area (Å²) in [4.78, 5) is 40.8. The molecule has 36 heavy (non-hydrogen) atoms. The molecule has 2 heterocycles. The molecular formula is C27H28FN3O5. The number of amides is 2. The van der Waals surface area contributed by atoms with Gasteiger partial charge in [0.1, 0.15) is 22.9 Å². The van der Waals surface area contributed by atoms with Gasteiger partial charge in [-0.05, 0) is 36.8 Å². The summed E-state index contributed by atoms with van der Waals surface area (Å²) in [5.74, 6) is -0.294. The third-order valence-corrected chi connectivity index (χ3v) is 6.10. The number of carbonyl (C=O) groups excluding carboxylic acids is 2. The molecule has 2 aromatic carbocycles. The summed E-state index contributed by atoms with van der Waals surface area (Å²) < 4.78 is 26.2. The normalized spacial score (nSPS) is 13.8. The number of halogens is 1. The number of nitrogens with zero attached hydrogens (tertiary/aromatic N) is 2. The number of ether oxygens (including phenoxy) is 2. The molecule has 0 aliphatic carbocycles. The third-order valence-electron chi connectivity index (χ3n) is 6.10. The molecule has 0 unspecified atom stereocenters. The van der Waals surface area contributed by atoms with Gasteiger partial charge < -0.3 is 24.3 Å². The van der Waals surface area contributed by atoms with E-state index >= 15 is 0 Å². The number of aromatic nitrogens is 1. The van der Waals surface area contributed by atoms with Crippen molar-refractivity contribution in [2.75, 3.05) is 20.2 Å². The molecular weight excluding hydrogens is 465 g/mol. The summed E-state index contributed by atoms with van der Waals surface area (Å²) in [6.07, 6.45) is -0.437. The van der Waals surface area contributed by atoms with E-state index in [-0.39, 0.29) is 42.3 Å². The number of hydrogen-bond acceptors (Lipinski definition) is 5. The fraction of sp³-hybridized carbons (Fsp3) is 0.296. The van der Waals surface area contributed by atoms with Crippen LogP contribution in [-0.4, -0.2) is 47.6 Å². The number of para-hydroxylation sites is 1. The highest BCUT2D eigenvalue weighted by Gasteiger charge is 2.28. The van der Waals surface area contributed by atoms with Gasteiger partial charge in [-0.15, -0.1) is 0 Å². The van der Waals surface area contributed by atoms with E-state index in [9.17, 15) is 18.8 Å². The number of nitrogens with one attached hydrogen (secondary N) is 1. The molecule has 1 aromatic heterocycles. The van der Waals surface area contributed by atoms with Crippen molar-refractivity contribution in [2.24, 2.45) is 0 Å². The second-order valence-corrected chi connectivity index (χ2v) is 8.49. The van der Waals surface area contributed by atoms with Crippen molar-refractivity contribution >= 4 is 11.8 Å². The molecule has 0 bridgehead atoms. The Morgan fingerprint density at radius 3 is 2.56 bits per heavy atom. The van der Waals surface area contributed by atoms with Crippen LogP contribution in [0.15, 0.2) is 65.5 Å². The first kappa shape index (κ1) is 25.0. The Morgan fingerprint density at radius 2 is 1.83 bits per heavy atom. The predicted octanol–water partition coefficient (Wildman–Crippen LogP) is 2.78. The van der Waals surface area contributed by atoms with Gasteiger partial charge in [-0.25, -0.2) is 4.39 Å². The monoisotopic (exact) mass is 493 g/mol. The van der Waals surface area contributed by atoms with Crippen LogP contribution < -0.4 is 20.3 Å². The van der Waals surface area contributed by atoms with E-state index in [0.717, 1.165) is 0 Å². The van der Waals surface area contributed by atoms with Gasteiger partial charge in [0.2, 0.25) is 0 Å². The third kappa shape index (κ3) is 5.56. The lowest BCUT2D eigenvalue weighted by Gasteiger charge is -2.24. The summed E-state index contributed by atoms with van der Waals surface area (Å²) in [5.41, 5.74) is 1.01. The minimum Gasteiger partial charge on any atom is -0.496 e. The number of benzene rings is 2. The maximum Gasteiger partial charge on any atom is 0.263 e. The molecule has 0 fully saturated rings. The lowest BCUT2D eigenvalue weighted by molar-refractivity contribution is -0.137. The Labute approximate surface area is 208 Å². The Bertz CT molecular complexity index is 1310. The number of pyridine rings is 1. The standard InChI is InChI=1S/C27H28FN3O5/c1-18(36-21-9-4-3-5-10-21)27(34)30-12-11-22-25(23(35-2)16-24(32)31(22)14-13-30)26(33)29-17-19-7-6-8-20(28)15-19/h3-10,15-16,18H,11-14,17H2,1-2H3,(H,29,33)/t18-/m1/s1. The second-order valence-electron chi connectivity index (χ2n) is 8.49. The minimum atomic E-state index is -0.714. The maximum absolute atomic E-state index is 13.5. The lowest BCUT2D eigenvalue weighted by Crippen LogP contribution is -2.42. The Kier molecular flexibility index (Phi) is 7.68. The van der Waals surface area contributed by atoms with Crippen molar-refractivity contribution in [2.45, 2.75) is 32.5 Å². The second kappa shape index (κ2) is 11.1. The molecule has 0 spiro atoms. The molecule has 0 saturated heterocycles. The number of carbonyl (C=O) groups is 2.